The van der Waals surface area contributed by atoms with Crippen LogP contribution in [0.25, 0.3) is 0 Å². The van der Waals surface area contributed by atoms with E-state index < -0.39 is 0 Å². The highest BCUT2D eigenvalue weighted by Crippen LogP contribution is 2.47. The van der Waals surface area contributed by atoms with Gasteiger partial charge in [-0.05, 0) is 49.7 Å². The monoisotopic (exact) mass is 329 g/mol. The highest BCUT2D eigenvalue weighted by Gasteiger charge is 2.43. The van der Waals surface area contributed by atoms with Gasteiger partial charge < -0.3 is 14.8 Å². The Labute approximate surface area is 146 Å². The summed E-state index contributed by atoms with van der Waals surface area (Å²) >= 11 is 0. The predicted molar refractivity (Wildman–Crippen MR) is 97.4 cm³/mol. The third-order valence-electron chi connectivity index (χ3n) is 6.19. The van der Waals surface area contributed by atoms with Crippen LogP contribution < -0.4 is 5.32 Å². The third-order valence-corrected chi connectivity index (χ3v) is 6.19. The van der Waals surface area contributed by atoms with E-state index in [1.54, 1.807) is 0 Å². The zero-order valence-electron chi connectivity index (χ0n) is 14.9. The molecule has 0 spiro atoms. The Kier molecular flexibility index (Phi) is 5.09. The Balaban J connectivity index is 1.55. The predicted octanol–water partition coefficient (Wildman–Crippen LogP) is 4.72. The van der Waals surface area contributed by atoms with Crippen LogP contribution >= 0.6 is 0 Å². The van der Waals surface area contributed by atoms with Crippen molar-refractivity contribution in [3.8, 4) is 0 Å². The second kappa shape index (κ2) is 7.45. The summed E-state index contributed by atoms with van der Waals surface area (Å²) < 4.78 is 11.8. The molecule has 1 aromatic carbocycles. The highest BCUT2D eigenvalue weighted by atomic mass is 16.5. The Morgan fingerprint density at radius 3 is 2.79 bits per heavy atom. The summed E-state index contributed by atoms with van der Waals surface area (Å²) in [5.74, 6) is 1.36. The molecule has 2 saturated heterocycles. The highest BCUT2D eigenvalue weighted by molar-refractivity contribution is 5.57. The van der Waals surface area contributed by atoms with Crippen LogP contribution in [0.3, 0.4) is 0 Å². The van der Waals surface area contributed by atoms with E-state index in [0.29, 0.717) is 18.1 Å². The fraction of sp³-hybridized carbons (Fsp3) is 0.714. The fourth-order valence-electron chi connectivity index (χ4n) is 4.84. The molecule has 0 bridgehead atoms. The van der Waals surface area contributed by atoms with Gasteiger partial charge in [0.05, 0.1) is 6.10 Å². The molecule has 1 aromatic rings. The van der Waals surface area contributed by atoms with Gasteiger partial charge in [-0.1, -0.05) is 31.9 Å². The number of aryl methyl sites for hydroxylation is 1. The van der Waals surface area contributed by atoms with E-state index >= 15 is 0 Å². The van der Waals surface area contributed by atoms with E-state index in [-0.39, 0.29) is 0 Å². The molecular formula is C21H31NO2. The molecule has 3 heterocycles. The van der Waals surface area contributed by atoms with Gasteiger partial charge in [0.15, 0.2) is 0 Å². The Hall–Kier alpha value is -1.06. The quantitative estimate of drug-likeness (QED) is 0.793. The van der Waals surface area contributed by atoms with Gasteiger partial charge in [-0.3, -0.25) is 0 Å². The van der Waals surface area contributed by atoms with Crippen molar-refractivity contribution >= 4 is 5.69 Å². The van der Waals surface area contributed by atoms with E-state index in [1.165, 1.54) is 61.8 Å². The maximum absolute atomic E-state index is 6.21. The van der Waals surface area contributed by atoms with Crippen molar-refractivity contribution in [3.63, 3.8) is 0 Å². The summed E-state index contributed by atoms with van der Waals surface area (Å²) in [6, 6.07) is 7.60. The number of ether oxygens (including phenoxy) is 2. The van der Waals surface area contributed by atoms with Gasteiger partial charge in [-0.15, -0.1) is 0 Å². The zero-order valence-corrected chi connectivity index (χ0v) is 14.9. The molecule has 24 heavy (non-hydrogen) atoms. The summed E-state index contributed by atoms with van der Waals surface area (Å²) in [5, 5.41) is 3.90. The lowest BCUT2D eigenvalue weighted by Crippen LogP contribution is -2.43. The molecule has 0 saturated carbocycles. The molecular weight excluding hydrogens is 298 g/mol. The molecule has 0 aromatic heterocycles. The van der Waals surface area contributed by atoms with Crippen molar-refractivity contribution in [3.05, 3.63) is 29.3 Å². The molecule has 132 valence electrons. The van der Waals surface area contributed by atoms with Gasteiger partial charge in [0, 0.05) is 43.0 Å². The number of nitrogens with one attached hydrogen (secondary N) is 1. The van der Waals surface area contributed by atoms with E-state index in [4.69, 9.17) is 9.47 Å². The van der Waals surface area contributed by atoms with Crippen LogP contribution in [0, 0.1) is 11.8 Å². The lowest BCUT2D eigenvalue weighted by molar-refractivity contribution is 0.0361. The van der Waals surface area contributed by atoms with Crippen LogP contribution in [0.4, 0.5) is 5.69 Å². The molecule has 4 rings (SSSR count). The SMILES string of the molecule is CCCCCc1ccc2c(c1)[C@H]1OCC[C@H]1C(C1CCOCC1)N2. The van der Waals surface area contributed by atoms with Crippen molar-refractivity contribution in [1.82, 2.24) is 0 Å². The molecule has 3 nitrogen and oxygen atoms in total. The molecule has 1 N–H and O–H groups in total. The first-order valence-corrected chi connectivity index (χ1v) is 9.95. The fourth-order valence-corrected chi connectivity index (χ4v) is 4.84. The lowest BCUT2D eigenvalue weighted by Gasteiger charge is -2.41. The number of unbranched alkanes of at least 4 members (excludes halogenated alkanes) is 2. The minimum atomic E-state index is 0.306. The topological polar surface area (TPSA) is 30.5 Å². The van der Waals surface area contributed by atoms with Crippen LogP contribution in [0.1, 0.15) is 62.7 Å². The first-order valence-electron chi connectivity index (χ1n) is 9.95. The maximum Gasteiger partial charge on any atom is 0.0893 e. The molecule has 1 unspecified atom stereocenters. The first kappa shape index (κ1) is 16.4. The number of hydrogen-bond donors (Lipinski definition) is 1. The van der Waals surface area contributed by atoms with Gasteiger partial charge >= 0.3 is 0 Å². The average Bonchev–Trinajstić information content (AvgIpc) is 3.12. The van der Waals surface area contributed by atoms with Crippen LogP contribution in [0.15, 0.2) is 18.2 Å². The standard InChI is InChI=1S/C21H31NO2/c1-2-3-4-5-15-6-7-19-18(14-15)21-17(10-13-24-21)20(22-19)16-8-11-23-12-9-16/h6-7,14,16-17,20-22H,2-5,8-13H2,1H3/t17-,20?,21-/m0/s1. The second-order valence-corrected chi connectivity index (χ2v) is 7.74. The molecule has 3 aliphatic rings. The van der Waals surface area contributed by atoms with E-state index in [9.17, 15) is 0 Å². The van der Waals surface area contributed by atoms with Crippen molar-refractivity contribution in [2.24, 2.45) is 11.8 Å². The summed E-state index contributed by atoms with van der Waals surface area (Å²) in [6.45, 7) is 5.02. The normalized spacial score (nSPS) is 29.8. The van der Waals surface area contributed by atoms with Crippen molar-refractivity contribution in [1.29, 1.82) is 0 Å². The zero-order chi connectivity index (χ0) is 16.4. The third kappa shape index (κ3) is 3.21. The van der Waals surface area contributed by atoms with Crippen LogP contribution in [-0.4, -0.2) is 25.9 Å². The maximum atomic E-state index is 6.21. The van der Waals surface area contributed by atoms with Crippen molar-refractivity contribution in [2.45, 2.75) is 64.0 Å². The number of anilines is 1. The van der Waals surface area contributed by atoms with Crippen LogP contribution in [0.5, 0.6) is 0 Å². The van der Waals surface area contributed by atoms with Gasteiger partial charge in [0.2, 0.25) is 0 Å². The lowest BCUT2D eigenvalue weighted by atomic mass is 9.75. The largest absolute Gasteiger partial charge is 0.381 e. The smallest absolute Gasteiger partial charge is 0.0893 e. The van der Waals surface area contributed by atoms with Crippen LogP contribution in [0.2, 0.25) is 0 Å². The number of fused-ring (bicyclic) bond motifs is 3. The van der Waals surface area contributed by atoms with Crippen molar-refractivity contribution < 1.29 is 9.47 Å². The van der Waals surface area contributed by atoms with Crippen molar-refractivity contribution in [2.75, 3.05) is 25.1 Å². The molecule has 0 amide bonds. The molecule has 3 aliphatic heterocycles. The Bertz CT molecular complexity index is 553. The number of rotatable bonds is 5. The minimum absolute atomic E-state index is 0.306. The summed E-state index contributed by atoms with van der Waals surface area (Å²) in [7, 11) is 0. The number of benzene rings is 1. The van der Waals surface area contributed by atoms with E-state index in [1.807, 2.05) is 0 Å². The van der Waals surface area contributed by atoms with Gasteiger partial charge in [-0.2, -0.15) is 0 Å². The molecule has 3 heteroatoms. The van der Waals surface area contributed by atoms with E-state index in [2.05, 4.69) is 30.4 Å². The average molecular weight is 329 g/mol. The summed E-state index contributed by atoms with van der Waals surface area (Å²) in [6.07, 6.45) is 8.97. The molecule has 3 atom stereocenters. The Morgan fingerprint density at radius 1 is 1.08 bits per heavy atom. The Morgan fingerprint density at radius 2 is 1.96 bits per heavy atom. The molecule has 2 fully saturated rings. The van der Waals surface area contributed by atoms with E-state index in [0.717, 1.165) is 25.7 Å². The van der Waals surface area contributed by atoms with Crippen LogP contribution in [-0.2, 0) is 15.9 Å². The molecule has 0 aliphatic carbocycles. The number of hydrogen-bond acceptors (Lipinski definition) is 3. The van der Waals surface area contributed by atoms with Gasteiger partial charge in [0.25, 0.3) is 0 Å². The van der Waals surface area contributed by atoms with Gasteiger partial charge in [-0.25, -0.2) is 0 Å². The summed E-state index contributed by atoms with van der Waals surface area (Å²) in [5.41, 5.74) is 4.20. The first-order chi connectivity index (χ1) is 11.9. The molecule has 0 radical (unpaired) electrons. The summed E-state index contributed by atoms with van der Waals surface area (Å²) in [4.78, 5) is 0. The minimum Gasteiger partial charge on any atom is -0.381 e. The van der Waals surface area contributed by atoms with Gasteiger partial charge in [0.1, 0.15) is 0 Å². The second-order valence-electron chi connectivity index (χ2n) is 7.74.